The molecule has 1 rings (SSSR count). The number of benzene rings is 1. The molecule has 1 aromatic carbocycles. The molecule has 0 saturated carbocycles. The van der Waals surface area contributed by atoms with E-state index < -0.39 is 0 Å². The second-order valence-corrected chi connectivity index (χ2v) is 3.68. The van der Waals surface area contributed by atoms with Crippen LogP contribution in [0.15, 0.2) is 18.2 Å². The fraction of sp³-hybridized carbons (Fsp3) is 0.250. The van der Waals surface area contributed by atoms with E-state index in [1.807, 2.05) is 31.2 Å². The monoisotopic (exact) mass is 219 g/mol. The van der Waals surface area contributed by atoms with Gasteiger partial charge in [0.15, 0.2) is 0 Å². The summed E-state index contributed by atoms with van der Waals surface area (Å²) in [6.45, 7) is 3.97. The van der Waals surface area contributed by atoms with Crippen molar-refractivity contribution in [3.63, 3.8) is 0 Å². The predicted molar refractivity (Wildman–Crippen MR) is 67.7 cm³/mol. The van der Waals surface area contributed by atoms with Crippen molar-refractivity contribution in [1.82, 2.24) is 5.32 Å². The highest BCUT2D eigenvalue weighted by molar-refractivity contribution is 5.73. The van der Waals surface area contributed by atoms with Crippen molar-refractivity contribution in [3.05, 3.63) is 29.3 Å². The molecule has 0 aliphatic carbocycles. The van der Waals surface area contributed by atoms with Crippen molar-refractivity contribution in [3.8, 4) is 0 Å². The number of carbonyl (C=O) groups excluding carboxylic acids is 1. The van der Waals surface area contributed by atoms with Crippen LogP contribution in [0.1, 0.15) is 18.1 Å². The number of nitrogen functional groups attached to an aromatic ring is 2. The maximum Gasteiger partial charge on any atom is 0.217 e. The summed E-state index contributed by atoms with van der Waals surface area (Å²) in [6, 6.07) is 3.67. The number of nitrogens with one attached hydrogen (secondary N) is 1. The molecule has 0 heterocycles. The van der Waals surface area contributed by atoms with Crippen molar-refractivity contribution < 1.29 is 4.79 Å². The van der Waals surface area contributed by atoms with Crippen LogP contribution in [-0.2, 0) is 4.79 Å². The Kier molecular flexibility index (Phi) is 3.94. The summed E-state index contributed by atoms with van der Waals surface area (Å²) < 4.78 is 0. The maximum atomic E-state index is 10.6. The van der Waals surface area contributed by atoms with Crippen LogP contribution in [-0.4, -0.2) is 12.5 Å². The Morgan fingerprint density at radius 2 is 2.00 bits per heavy atom. The molecule has 0 aliphatic rings. The first-order chi connectivity index (χ1) is 7.50. The molecule has 0 fully saturated rings. The second kappa shape index (κ2) is 5.21. The van der Waals surface area contributed by atoms with Crippen molar-refractivity contribution in [1.29, 1.82) is 0 Å². The summed E-state index contributed by atoms with van der Waals surface area (Å²) >= 11 is 0. The molecule has 0 saturated heterocycles. The lowest BCUT2D eigenvalue weighted by Gasteiger charge is -2.05. The average molecular weight is 219 g/mol. The number of nitrogens with two attached hydrogens (primary N) is 2. The number of amides is 1. The van der Waals surface area contributed by atoms with Gasteiger partial charge in [0.2, 0.25) is 5.91 Å². The zero-order valence-corrected chi connectivity index (χ0v) is 9.58. The van der Waals surface area contributed by atoms with Gasteiger partial charge in [0.1, 0.15) is 0 Å². The molecule has 0 aromatic heterocycles. The first-order valence-corrected chi connectivity index (χ1v) is 5.07. The third-order valence-corrected chi connectivity index (χ3v) is 2.24. The number of carbonyl (C=O) groups is 1. The zero-order valence-electron chi connectivity index (χ0n) is 9.58. The van der Waals surface area contributed by atoms with Crippen LogP contribution in [0.2, 0.25) is 0 Å². The van der Waals surface area contributed by atoms with Crippen LogP contribution in [0.25, 0.3) is 6.08 Å². The largest absolute Gasteiger partial charge is 0.397 e. The van der Waals surface area contributed by atoms with Gasteiger partial charge in [0.25, 0.3) is 0 Å². The maximum absolute atomic E-state index is 10.6. The van der Waals surface area contributed by atoms with E-state index in [1.54, 1.807) is 0 Å². The molecule has 0 unspecified atom stereocenters. The molecule has 86 valence electrons. The summed E-state index contributed by atoms with van der Waals surface area (Å²) in [5, 5.41) is 2.68. The Labute approximate surface area is 95.3 Å². The normalized spacial score (nSPS) is 10.6. The minimum Gasteiger partial charge on any atom is -0.397 e. The van der Waals surface area contributed by atoms with Gasteiger partial charge in [-0.1, -0.05) is 12.2 Å². The molecule has 4 heteroatoms. The lowest BCUT2D eigenvalue weighted by Crippen LogP contribution is -2.19. The Hall–Kier alpha value is -1.97. The lowest BCUT2D eigenvalue weighted by molar-refractivity contribution is -0.118. The minimum atomic E-state index is -0.0433. The third kappa shape index (κ3) is 3.31. The SMILES string of the molecule is CC(=O)NCC=Cc1cc(N)c(N)cc1C. The first kappa shape index (κ1) is 12.1. The van der Waals surface area contributed by atoms with Crippen LogP contribution in [0.5, 0.6) is 0 Å². The molecule has 16 heavy (non-hydrogen) atoms. The highest BCUT2D eigenvalue weighted by Crippen LogP contribution is 2.21. The number of hydrogen-bond donors (Lipinski definition) is 3. The highest BCUT2D eigenvalue weighted by atomic mass is 16.1. The van der Waals surface area contributed by atoms with Gasteiger partial charge in [-0.15, -0.1) is 0 Å². The van der Waals surface area contributed by atoms with Crippen LogP contribution in [0, 0.1) is 6.92 Å². The van der Waals surface area contributed by atoms with Gasteiger partial charge in [-0.05, 0) is 30.2 Å². The Bertz CT molecular complexity index is 425. The van der Waals surface area contributed by atoms with Crippen molar-refractivity contribution >= 4 is 23.4 Å². The van der Waals surface area contributed by atoms with E-state index >= 15 is 0 Å². The standard InChI is InChI=1S/C12H17N3O/c1-8-6-11(13)12(14)7-10(8)4-3-5-15-9(2)16/h3-4,6-7H,5,13-14H2,1-2H3,(H,15,16). The van der Waals surface area contributed by atoms with Gasteiger partial charge in [0, 0.05) is 13.5 Å². The quantitative estimate of drug-likeness (QED) is 0.670. The molecule has 1 aromatic rings. The number of rotatable bonds is 3. The molecule has 1 amide bonds. The molecular weight excluding hydrogens is 202 g/mol. The van der Waals surface area contributed by atoms with Gasteiger partial charge in [-0.3, -0.25) is 4.79 Å². The molecular formula is C12H17N3O. The van der Waals surface area contributed by atoms with Crippen LogP contribution in [0.4, 0.5) is 11.4 Å². The number of anilines is 2. The minimum absolute atomic E-state index is 0.0433. The van der Waals surface area contributed by atoms with E-state index in [1.165, 1.54) is 6.92 Å². The third-order valence-electron chi connectivity index (χ3n) is 2.24. The van der Waals surface area contributed by atoms with Gasteiger partial charge >= 0.3 is 0 Å². The van der Waals surface area contributed by atoms with Crippen molar-refractivity contribution in [2.24, 2.45) is 0 Å². The lowest BCUT2D eigenvalue weighted by atomic mass is 10.1. The molecule has 0 bridgehead atoms. The molecule has 0 atom stereocenters. The topological polar surface area (TPSA) is 81.1 Å². The van der Waals surface area contributed by atoms with E-state index in [4.69, 9.17) is 11.5 Å². The Morgan fingerprint density at radius 1 is 1.38 bits per heavy atom. The number of aryl methyl sites for hydroxylation is 1. The van der Waals surface area contributed by atoms with Crippen LogP contribution >= 0.6 is 0 Å². The van der Waals surface area contributed by atoms with Gasteiger partial charge in [-0.25, -0.2) is 0 Å². The fourth-order valence-electron chi connectivity index (χ4n) is 1.33. The summed E-state index contributed by atoms with van der Waals surface area (Å²) in [7, 11) is 0. The van der Waals surface area contributed by atoms with Gasteiger partial charge < -0.3 is 16.8 Å². The van der Waals surface area contributed by atoms with E-state index in [9.17, 15) is 4.79 Å². The smallest absolute Gasteiger partial charge is 0.217 e. The fourth-order valence-corrected chi connectivity index (χ4v) is 1.33. The second-order valence-electron chi connectivity index (χ2n) is 3.68. The van der Waals surface area contributed by atoms with Crippen LogP contribution in [0.3, 0.4) is 0 Å². The Morgan fingerprint density at radius 3 is 2.62 bits per heavy atom. The van der Waals surface area contributed by atoms with E-state index in [0.29, 0.717) is 17.9 Å². The molecule has 0 aliphatic heterocycles. The average Bonchev–Trinajstić information content (AvgIpc) is 2.19. The van der Waals surface area contributed by atoms with E-state index in [0.717, 1.165) is 11.1 Å². The van der Waals surface area contributed by atoms with E-state index in [2.05, 4.69) is 5.32 Å². The molecule has 4 nitrogen and oxygen atoms in total. The summed E-state index contributed by atoms with van der Waals surface area (Å²) in [5.74, 6) is -0.0433. The molecule has 0 radical (unpaired) electrons. The molecule has 5 N–H and O–H groups in total. The Balaban J connectivity index is 2.73. The van der Waals surface area contributed by atoms with Crippen molar-refractivity contribution in [2.75, 3.05) is 18.0 Å². The number of hydrogen-bond acceptors (Lipinski definition) is 3. The predicted octanol–water partition coefficient (Wildman–Crippen LogP) is 1.31. The van der Waals surface area contributed by atoms with Crippen LogP contribution < -0.4 is 16.8 Å². The summed E-state index contributed by atoms with van der Waals surface area (Å²) in [4.78, 5) is 10.6. The molecule has 0 spiro atoms. The zero-order chi connectivity index (χ0) is 12.1. The highest BCUT2D eigenvalue weighted by Gasteiger charge is 1.99. The van der Waals surface area contributed by atoms with Gasteiger partial charge in [0.05, 0.1) is 11.4 Å². The summed E-state index contributed by atoms with van der Waals surface area (Å²) in [6.07, 6.45) is 3.79. The van der Waals surface area contributed by atoms with Crippen molar-refractivity contribution in [2.45, 2.75) is 13.8 Å². The first-order valence-electron chi connectivity index (χ1n) is 5.07. The van der Waals surface area contributed by atoms with E-state index in [-0.39, 0.29) is 5.91 Å². The summed E-state index contributed by atoms with van der Waals surface area (Å²) in [5.41, 5.74) is 14.6. The van der Waals surface area contributed by atoms with Gasteiger partial charge in [-0.2, -0.15) is 0 Å².